The second-order valence-electron chi connectivity index (χ2n) is 5.06. The number of esters is 1. The molecular weight excluding hydrogens is 385 g/mol. The SMILES string of the molecule is Cc1ccccc1NC(=O)c1ccccc1C(=O)OCC(Cl)=C(Cl)Cl. The summed E-state index contributed by atoms with van der Waals surface area (Å²) >= 11 is 16.7. The van der Waals surface area contributed by atoms with E-state index in [9.17, 15) is 9.59 Å². The molecule has 0 saturated carbocycles. The van der Waals surface area contributed by atoms with Crippen LogP contribution >= 0.6 is 34.8 Å². The van der Waals surface area contributed by atoms with Gasteiger partial charge in [0, 0.05) is 5.69 Å². The Balaban J connectivity index is 2.20. The van der Waals surface area contributed by atoms with Crippen molar-refractivity contribution in [3.8, 4) is 0 Å². The van der Waals surface area contributed by atoms with Gasteiger partial charge in [0.05, 0.1) is 16.2 Å². The maximum absolute atomic E-state index is 12.5. The second kappa shape index (κ2) is 8.90. The number of halogens is 3. The van der Waals surface area contributed by atoms with Gasteiger partial charge in [0.15, 0.2) is 0 Å². The Morgan fingerprint density at radius 2 is 1.56 bits per heavy atom. The Labute approximate surface area is 160 Å². The molecule has 4 nitrogen and oxygen atoms in total. The fraction of sp³-hybridized carbons (Fsp3) is 0.111. The van der Waals surface area contributed by atoms with Gasteiger partial charge in [0.25, 0.3) is 5.91 Å². The molecule has 2 aromatic rings. The van der Waals surface area contributed by atoms with Gasteiger partial charge in [-0.15, -0.1) is 0 Å². The van der Waals surface area contributed by atoms with Crippen molar-refractivity contribution in [2.24, 2.45) is 0 Å². The van der Waals surface area contributed by atoms with Crippen LogP contribution in [0.3, 0.4) is 0 Å². The molecule has 2 rings (SSSR count). The predicted molar refractivity (Wildman–Crippen MR) is 100 cm³/mol. The van der Waals surface area contributed by atoms with E-state index >= 15 is 0 Å². The van der Waals surface area contributed by atoms with Crippen LogP contribution in [-0.2, 0) is 4.74 Å². The Bertz CT molecular complexity index is 830. The van der Waals surface area contributed by atoms with Crippen LogP contribution in [0.15, 0.2) is 58.1 Å². The molecule has 0 aromatic heterocycles. The van der Waals surface area contributed by atoms with Gasteiger partial charge in [-0.05, 0) is 30.7 Å². The molecule has 0 aliphatic heterocycles. The summed E-state index contributed by atoms with van der Waals surface area (Å²) in [4.78, 5) is 24.8. The zero-order valence-electron chi connectivity index (χ0n) is 13.2. The van der Waals surface area contributed by atoms with Crippen LogP contribution in [0.4, 0.5) is 5.69 Å². The van der Waals surface area contributed by atoms with E-state index in [1.807, 2.05) is 25.1 Å². The Hall–Kier alpha value is -2.01. The molecule has 0 bridgehead atoms. The molecule has 0 saturated heterocycles. The molecule has 0 spiro atoms. The summed E-state index contributed by atoms with van der Waals surface area (Å²) in [5.41, 5.74) is 1.87. The van der Waals surface area contributed by atoms with Crippen LogP contribution in [0.2, 0.25) is 0 Å². The quantitative estimate of drug-likeness (QED) is 0.696. The highest BCUT2D eigenvalue weighted by Gasteiger charge is 2.19. The molecule has 0 radical (unpaired) electrons. The Morgan fingerprint density at radius 3 is 2.20 bits per heavy atom. The number of aryl methyl sites for hydroxylation is 1. The van der Waals surface area contributed by atoms with Gasteiger partial charge in [0.1, 0.15) is 11.1 Å². The third kappa shape index (κ3) is 5.23. The fourth-order valence-electron chi connectivity index (χ4n) is 2.02. The van der Waals surface area contributed by atoms with Crippen LogP contribution in [-0.4, -0.2) is 18.5 Å². The van der Waals surface area contributed by atoms with E-state index in [-0.39, 0.29) is 27.3 Å². The van der Waals surface area contributed by atoms with E-state index < -0.39 is 11.9 Å². The van der Waals surface area contributed by atoms with Crippen LogP contribution in [0, 0.1) is 6.92 Å². The molecule has 2 aromatic carbocycles. The third-order valence-electron chi connectivity index (χ3n) is 3.32. The first-order chi connectivity index (χ1) is 11.9. The highest BCUT2D eigenvalue weighted by Crippen LogP contribution is 2.20. The van der Waals surface area contributed by atoms with Crippen molar-refractivity contribution in [2.75, 3.05) is 11.9 Å². The summed E-state index contributed by atoms with van der Waals surface area (Å²) in [5, 5.41) is 2.78. The molecule has 25 heavy (non-hydrogen) atoms. The largest absolute Gasteiger partial charge is 0.456 e. The summed E-state index contributed by atoms with van der Waals surface area (Å²) in [6.45, 7) is 1.59. The minimum absolute atomic E-state index is 0.00136. The zero-order valence-corrected chi connectivity index (χ0v) is 15.5. The summed E-state index contributed by atoms with van der Waals surface area (Å²) in [6.07, 6.45) is 0. The molecule has 0 atom stereocenters. The number of ether oxygens (including phenoxy) is 1. The van der Waals surface area contributed by atoms with Crippen LogP contribution in [0.25, 0.3) is 0 Å². The monoisotopic (exact) mass is 397 g/mol. The van der Waals surface area contributed by atoms with Gasteiger partial charge in [-0.2, -0.15) is 0 Å². The number of amides is 1. The van der Waals surface area contributed by atoms with E-state index in [2.05, 4.69) is 5.32 Å². The maximum atomic E-state index is 12.5. The Kier molecular flexibility index (Phi) is 6.88. The lowest BCUT2D eigenvalue weighted by molar-refractivity contribution is 0.0543. The molecule has 1 amide bonds. The molecule has 1 N–H and O–H groups in total. The number of nitrogens with one attached hydrogen (secondary N) is 1. The van der Waals surface area contributed by atoms with Crippen LogP contribution < -0.4 is 5.32 Å². The van der Waals surface area contributed by atoms with E-state index in [1.54, 1.807) is 18.2 Å². The van der Waals surface area contributed by atoms with E-state index in [0.717, 1.165) is 5.56 Å². The lowest BCUT2D eigenvalue weighted by atomic mass is 10.1. The zero-order chi connectivity index (χ0) is 18.4. The second-order valence-corrected chi connectivity index (χ2v) is 6.46. The molecule has 0 unspecified atom stereocenters. The van der Waals surface area contributed by atoms with Crippen LogP contribution in [0.1, 0.15) is 26.3 Å². The van der Waals surface area contributed by atoms with Crippen LogP contribution in [0.5, 0.6) is 0 Å². The van der Waals surface area contributed by atoms with Crippen molar-refractivity contribution in [3.63, 3.8) is 0 Å². The number of anilines is 1. The van der Waals surface area contributed by atoms with Gasteiger partial charge in [-0.25, -0.2) is 4.79 Å². The summed E-state index contributed by atoms with van der Waals surface area (Å²) in [6, 6.07) is 13.7. The number of benzene rings is 2. The van der Waals surface area contributed by atoms with E-state index in [4.69, 9.17) is 39.5 Å². The number of hydrogen-bond acceptors (Lipinski definition) is 3. The van der Waals surface area contributed by atoms with Gasteiger partial charge in [0.2, 0.25) is 0 Å². The summed E-state index contributed by atoms with van der Waals surface area (Å²) in [5.74, 6) is -1.12. The Morgan fingerprint density at radius 1 is 0.960 bits per heavy atom. The predicted octanol–water partition coefficient (Wildman–Crippen LogP) is 5.29. The molecule has 0 fully saturated rings. The average molecular weight is 399 g/mol. The smallest absolute Gasteiger partial charge is 0.339 e. The standard InChI is InChI=1S/C18H14Cl3NO3/c1-11-6-2-5-9-15(11)22-17(23)12-7-3-4-8-13(12)18(24)25-10-14(19)16(20)21/h2-9H,10H2,1H3,(H,22,23). The number of para-hydroxylation sites is 1. The van der Waals surface area contributed by atoms with Crippen molar-refractivity contribution in [1.82, 2.24) is 0 Å². The molecule has 0 heterocycles. The number of carbonyl (C=O) groups is 2. The number of rotatable bonds is 5. The number of hydrogen-bond donors (Lipinski definition) is 1. The summed E-state index contributed by atoms with van der Waals surface area (Å²) in [7, 11) is 0. The minimum Gasteiger partial charge on any atom is -0.456 e. The lowest BCUT2D eigenvalue weighted by Gasteiger charge is -2.11. The van der Waals surface area contributed by atoms with Gasteiger partial charge in [-0.3, -0.25) is 4.79 Å². The summed E-state index contributed by atoms with van der Waals surface area (Å²) < 4.78 is 4.86. The molecular formula is C18H14Cl3NO3. The molecule has 130 valence electrons. The van der Waals surface area contributed by atoms with Crippen molar-refractivity contribution >= 4 is 52.4 Å². The lowest BCUT2D eigenvalue weighted by Crippen LogP contribution is -2.18. The molecule has 7 heteroatoms. The van der Waals surface area contributed by atoms with Crippen molar-refractivity contribution in [2.45, 2.75) is 6.92 Å². The molecule has 0 aliphatic rings. The van der Waals surface area contributed by atoms with E-state index in [0.29, 0.717) is 5.69 Å². The van der Waals surface area contributed by atoms with Crippen molar-refractivity contribution < 1.29 is 14.3 Å². The first-order valence-corrected chi connectivity index (χ1v) is 8.36. The highest BCUT2D eigenvalue weighted by molar-refractivity contribution is 6.59. The van der Waals surface area contributed by atoms with Gasteiger partial charge < -0.3 is 10.1 Å². The topological polar surface area (TPSA) is 55.4 Å². The maximum Gasteiger partial charge on any atom is 0.339 e. The van der Waals surface area contributed by atoms with Gasteiger partial charge in [-0.1, -0.05) is 65.1 Å². The first-order valence-electron chi connectivity index (χ1n) is 7.23. The third-order valence-corrected chi connectivity index (χ3v) is 4.27. The highest BCUT2D eigenvalue weighted by atomic mass is 35.5. The normalized spacial score (nSPS) is 10.1. The minimum atomic E-state index is -0.705. The van der Waals surface area contributed by atoms with Crippen molar-refractivity contribution in [1.29, 1.82) is 0 Å². The van der Waals surface area contributed by atoms with E-state index in [1.165, 1.54) is 12.1 Å². The first kappa shape index (κ1) is 19.3. The molecule has 0 aliphatic carbocycles. The average Bonchev–Trinajstić information content (AvgIpc) is 2.61. The fourth-order valence-corrected chi connectivity index (χ4v) is 2.19. The number of carbonyl (C=O) groups excluding carboxylic acids is 2. The van der Waals surface area contributed by atoms with Gasteiger partial charge >= 0.3 is 5.97 Å². The van der Waals surface area contributed by atoms with Crippen molar-refractivity contribution in [3.05, 3.63) is 74.7 Å².